The van der Waals surface area contributed by atoms with Gasteiger partial charge in [-0.25, -0.2) is 0 Å². The van der Waals surface area contributed by atoms with Crippen molar-refractivity contribution in [3.05, 3.63) is 0 Å². The lowest BCUT2D eigenvalue weighted by Gasteiger charge is -2.42. The lowest BCUT2D eigenvalue weighted by molar-refractivity contribution is -0.120. The second-order valence-electron chi connectivity index (χ2n) is 5.28. The van der Waals surface area contributed by atoms with E-state index in [1.807, 2.05) is 0 Å². The van der Waals surface area contributed by atoms with Crippen molar-refractivity contribution in [3.63, 3.8) is 0 Å². The van der Waals surface area contributed by atoms with Gasteiger partial charge in [0.05, 0.1) is 0 Å². The average Bonchev–Trinajstić information content (AvgIpc) is 2.26. The van der Waals surface area contributed by atoms with Crippen LogP contribution in [0.25, 0.3) is 0 Å². The van der Waals surface area contributed by atoms with Crippen molar-refractivity contribution in [1.29, 1.82) is 0 Å². The smallest absolute Gasteiger partial charge is 0.217 e. The van der Waals surface area contributed by atoms with Gasteiger partial charge in [-0.2, -0.15) is 0 Å². The molecule has 1 amide bonds. The summed E-state index contributed by atoms with van der Waals surface area (Å²) in [6.07, 6.45) is 4.74. The molecular formula is C13H27N3O. The summed E-state index contributed by atoms with van der Waals surface area (Å²) in [6, 6.07) is 1.24. The summed E-state index contributed by atoms with van der Waals surface area (Å²) in [5.74, 6) is 0.0818. The minimum absolute atomic E-state index is 0.0818. The lowest BCUT2D eigenvalue weighted by Crippen LogP contribution is -2.55. The number of nitrogens with two attached hydrogens (primary N) is 1. The Bertz CT molecular complexity index is 243. The number of hydrogen-bond donors (Lipinski definition) is 2. The van der Waals surface area contributed by atoms with E-state index < -0.39 is 0 Å². The van der Waals surface area contributed by atoms with Crippen LogP contribution in [0.4, 0.5) is 0 Å². The Balaban J connectivity index is 2.69. The summed E-state index contributed by atoms with van der Waals surface area (Å²) in [5.41, 5.74) is 5.69. The number of nitrogens with zero attached hydrogens (tertiary/aromatic N) is 1. The van der Waals surface area contributed by atoms with Crippen molar-refractivity contribution in [2.45, 2.75) is 64.6 Å². The van der Waals surface area contributed by atoms with Gasteiger partial charge in [0.2, 0.25) is 5.91 Å². The van der Waals surface area contributed by atoms with Gasteiger partial charge in [0.15, 0.2) is 0 Å². The Labute approximate surface area is 105 Å². The first-order chi connectivity index (χ1) is 8.06. The van der Waals surface area contributed by atoms with Gasteiger partial charge in [0.25, 0.3) is 0 Å². The summed E-state index contributed by atoms with van der Waals surface area (Å²) in [5, 5.41) is 3.10. The molecule has 0 aliphatic heterocycles. The maximum atomic E-state index is 11.3. The highest BCUT2D eigenvalue weighted by molar-refractivity contribution is 5.73. The number of carbonyl (C=O) groups excluding carboxylic acids is 1. The molecular weight excluding hydrogens is 214 g/mol. The van der Waals surface area contributed by atoms with Gasteiger partial charge in [0, 0.05) is 38.1 Å². The third-order valence-electron chi connectivity index (χ3n) is 3.59. The molecule has 0 aromatic carbocycles. The van der Waals surface area contributed by atoms with Crippen LogP contribution in [-0.4, -0.2) is 42.0 Å². The second kappa shape index (κ2) is 6.97. The number of rotatable bonds is 5. The van der Waals surface area contributed by atoms with Gasteiger partial charge in [-0.3, -0.25) is 9.69 Å². The van der Waals surface area contributed by atoms with Crippen LogP contribution in [0.1, 0.15) is 46.5 Å². The highest BCUT2D eigenvalue weighted by Gasteiger charge is 2.31. The molecule has 4 heteroatoms. The van der Waals surface area contributed by atoms with Gasteiger partial charge in [-0.05, 0) is 26.7 Å². The zero-order chi connectivity index (χ0) is 12.8. The number of carbonyl (C=O) groups is 1. The van der Waals surface area contributed by atoms with Crippen LogP contribution in [-0.2, 0) is 4.79 Å². The van der Waals surface area contributed by atoms with Gasteiger partial charge < -0.3 is 11.1 Å². The van der Waals surface area contributed by atoms with E-state index >= 15 is 0 Å². The molecule has 0 heterocycles. The number of nitrogens with one attached hydrogen (secondary N) is 1. The molecule has 0 aromatic rings. The van der Waals surface area contributed by atoms with Gasteiger partial charge in [-0.1, -0.05) is 12.8 Å². The van der Waals surface area contributed by atoms with Gasteiger partial charge >= 0.3 is 0 Å². The van der Waals surface area contributed by atoms with E-state index in [4.69, 9.17) is 5.73 Å². The molecule has 1 saturated carbocycles. The number of hydrogen-bond acceptors (Lipinski definition) is 3. The first-order valence-corrected chi connectivity index (χ1v) is 6.79. The molecule has 1 fully saturated rings. The summed E-state index contributed by atoms with van der Waals surface area (Å²) in [4.78, 5) is 13.7. The zero-order valence-corrected chi connectivity index (χ0v) is 11.4. The van der Waals surface area contributed by atoms with E-state index in [1.54, 1.807) is 6.92 Å². The largest absolute Gasteiger partial charge is 0.352 e. The molecule has 0 saturated heterocycles. The van der Waals surface area contributed by atoms with Crippen LogP contribution in [0.15, 0.2) is 0 Å². The Morgan fingerprint density at radius 1 is 1.41 bits per heavy atom. The Morgan fingerprint density at radius 3 is 2.59 bits per heavy atom. The quantitative estimate of drug-likeness (QED) is 0.758. The zero-order valence-electron chi connectivity index (χ0n) is 11.4. The summed E-state index contributed by atoms with van der Waals surface area (Å²) >= 11 is 0. The highest BCUT2D eigenvalue weighted by atomic mass is 16.1. The first-order valence-electron chi connectivity index (χ1n) is 6.79. The van der Waals surface area contributed by atoms with Crippen molar-refractivity contribution in [2.75, 3.05) is 13.1 Å². The van der Waals surface area contributed by atoms with E-state index in [0.29, 0.717) is 24.7 Å². The average molecular weight is 241 g/mol. The van der Waals surface area contributed by atoms with E-state index in [-0.39, 0.29) is 5.91 Å². The molecule has 4 nitrogen and oxygen atoms in total. The lowest BCUT2D eigenvalue weighted by atomic mass is 9.88. The topological polar surface area (TPSA) is 58.4 Å². The molecule has 1 aliphatic rings. The minimum atomic E-state index is 0.0818. The Hall–Kier alpha value is -0.610. The highest BCUT2D eigenvalue weighted by Crippen LogP contribution is 2.24. The van der Waals surface area contributed by atoms with E-state index in [9.17, 15) is 4.79 Å². The van der Waals surface area contributed by atoms with Crippen LogP contribution >= 0.6 is 0 Å². The molecule has 0 bridgehead atoms. The van der Waals surface area contributed by atoms with E-state index in [1.165, 1.54) is 19.3 Å². The fraction of sp³-hybridized carbons (Fsp3) is 0.923. The number of amides is 1. The van der Waals surface area contributed by atoms with Crippen LogP contribution in [0.3, 0.4) is 0 Å². The van der Waals surface area contributed by atoms with Crippen molar-refractivity contribution < 1.29 is 4.79 Å². The van der Waals surface area contributed by atoms with Crippen molar-refractivity contribution in [2.24, 2.45) is 5.73 Å². The fourth-order valence-electron chi connectivity index (χ4n) is 2.89. The van der Waals surface area contributed by atoms with Crippen molar-refractivity contribution >= 4 is 5.91 Å². The molecule has 0 unspecified atom stereocenters. The molecule has 3 N–H and O–H groups in total. The third kappa shape index (κ3) is 4.28. The van der Waals surface area contributed by atoms with Crippen LogP contribution in [0, 0.1) is 0 Å². The predicted molar refractivity (Wildman–Crippen MR) is 70.8 cm³/mol. The third-order valence-corrected chi connectivity index (χ3v) is 3.59. The summed E-state index contributed by atoms with van der Waals surface area (Å²) in [6.45, 7) is 7.61. The SMILES string of the molecule is CC(=O)N[C@@H]1CCCC[C@H]1N(CCN)C(C)C. The fourth-order valence-corrected chi connectivity index (χ4v) is 2.89. The maximum absolute atomic E-state index is 11.3. The molecule has 1 rings (SSSR count). The molecule has 1 aliphatic carbocycles. The predicted octanol–water partition coefficient (Wildman–Crippen LogP) is 1.10. The molecule has 0 radical (unpaired) electrons. The monoisotopic (exact) mass is 241 g/mol. The van der Waals surface area contributed by atoms with E-state index in [2.05, 4.69) is 24.1 Å². The maximum Gasteiger partial charge on any atom is 0.217 e. The second-order valence-corrected chi connectivity index (χ2v) is 5.28. The standard InChI is InChI=1S/C13H27N3O/c1-10(2)16(9-8-14)13-7-5-4-6-12(13)15-11(3)17/h10,12-13H,4-9,14H2,1-3H3,(H,15,17)/t12-,13-/m1/s1. The summed E-state index contributed by atoms with van der Waals surface area (Å²) in [7, 11) is 0. The minimum Gasteiger partial charge on any atom is -0.352 e. The van der Waals surface area contributed by atoms with Crippen LogP contribution < -0.4 is 11.1 Å². The molecule has 0 spiro atoms. The summed E-state index contributed by atoms with van der Waals surface area (Å²) < 4.78 is 0. The van der Waals surface area contributed by atoms with Crippen molar-refractivity contribution in [1.82, 2.24) is 10.2 Å². The van der Waals surface area contributed by atoms with Gasteiger partial charge in [-0.15, -0.1) is 0 Å². The Kier molecular flexibility index (Phi) is 5.92. The normalized spacial score (nSPS) is 25.3. The molecule has 17 heavy (non-hydrogen) atoms. The molecule has 2 atom stereocenters. The molecule has 0 aromatic heterocycles. The first kappa shape index (κ1) is 14.5. The van der Waals surface area contributed by atoms with Gasteiger partial charge in [0.1, 0.15) is 0 Å². The molecule has 100 valence electrons. The van der Waals surface area contributed by atoms with Crippen molar-refractivity contribution in [3.8, 4) is 0 Å². The van der Waals surface area contributed by atoms with E-state index in [0.717, 1.165) is 13.0 Å². The Morgan fingerprint density at radius 2 is 2.06 bits per heavy atom. The van der Waals surface area contributed by atoms with Crippen LogP contribution in [0.5, 0.6) is 0 Å². The van der Waals surface area contributed by atoms with Crippen LogP contribution in [0.2, 0.25) is 0 Å².